The highest BCUT2D eigenvalue weighted by atomic mass is 35.5. The number of likely N-dealkylation sites (N-methyl/N-ethyl adjacent to an activating group) is 1. The van der Waals surface area contributed by atoms with E-state index in [1.807, 2.05) is 0 Å². The van der Waals surface area contributed by atoms with Crippen LogP contribution in [0.5, 0.6) is 0 Å². The van der Waals surface area contributed by atoms with Gasteiger partial charge < -0.3 is 4.90 Å². The van der Waals surface area contributed by atoms with Crippen molar-refractivity contribution in [2.24, 2.45) is 0 Å². The molecular formula is C12H14Cl2N2O3S. The molecule has 0 aromatic heterocycles. The number of nitrogens with zero attached hydrogens (tertiary/aromatic N) is 2. The van der Waals surface area contributed by atoms with E-state index in [4.69, 9.17) is 23.2 Å². The van der Waals surface area contributed by atoms with E-state index < -0.39 is 16.1 Å². The Morgan fingerprint density at radius 2 is 1.85 bits per heavy atom. The lowest BCUT2D eigenvalue weighted by atomic mass is 10.2. The number of carbonyl (C=O) groups excluding carboxylic acids is 1. The minimum Gasteiger partial charge on any atom is -0.343 e. The maximum Gasteiger partial charge on any atom is 0.243 e. The first-order valence-corrected chi connectivity index (χ1v) is 8.16. The van der Waals surface area contributed by atoms with E-state index in [0.29, 0.717) is 6.54 Å². The van der Waals surface area contributed by atoms with Crippen LogP contribution in [0.15, 0.2) is 23.1 Å². The van der Waals surface area contributed by atoms with Gasteiger partial charge in [0.2, 0.25) is 15.9 Å². The highest BCUT2D eigenvalue weighted by Crippen LogP contribution is 2.28. The Kier molecular flexibility index (Phi) is 4.30. The van der Waals surface area contributed by atoms with Crippen molar-refractivity contribution in [2.45, 2.75) is 17.9 Å². The summed E-state index contributed by atoms with van der Waals surface area (Å²) in [5.74, 6) is -0.222. The third-order valence-corrected chi connectivity index (χ3v) is 6.02. The summed E-state index contributed by atoms with van der Waals surface area (Å²) in [6.45, 7) is 2.20. The van der Waals surface area contributed by atoms with Gasteiger partial charge in [0.05, 0.1) is 14.9 Å². The summed E-state index contributed by atoms with van der Waals surface area (Å²) in [4.78, 5) is 13.5. The topological polar surface area (TPSA) is 57.7 Å². The maximum absolute atomic E-state index is 12.6. The van der Waals surface area contributed by atoms with E-state index in [0.717, 1.165) is 0 Å². The van der Waals surface area contributed by atoms with Crippen LogP contribution in [0.2, 0.25) is 10.0 Å². The number of hydrogen-bond donors (Lipinski definition) is 0. The van der Waals surface area contributed by atoms with Crippen molar-refractivity contribution in [3.05, 3.63) is 28.2 Å². The Labute approximate surface area is 128 Å². The van der Waals surface area contributed by atoms with E-state index in [2.05, 4.69) is 0 Å². The lowest BCUT2D eigenvalue weighted by Gasteiger charge is -2.36. The largest absolute Gasteiger partial charge is 0.343 e. The predicted octanol–water partition coefficient (Wildman–Crippen LogP) is 1.84. The molecule has 0 saturated carbocycles. The summed E-state index contributed by atoms with van der Waals surface area (Å²) < 4.78 is 26.3. The molecule has 1 atom stereocenters. The highest BCUT2D eigenvalue weighted by Gasteiger charge is 2.37. The monoisotopic (exact) mass is 336 g/mol. The van der Waals surface area contributed by atoms with Gasteiger partial charge in [0.1, 0.15) is 6.04 Å². The Morgan fingerprint density at radius 3 is 2.45 bits per heavy atom. The van der Waals surface area contributed by atoms with Crippen LogP contribution in [0, 0.1) is 0 Å². The van der Waals surface area contributed by atoms with Gasteiger partial charge in [-0.05, 0) is 25.1 Å². The Hall–Kier alpha value is -0.820. The number of piperazine rings is 1. The molecule has 8 heteroatoms. The van der Waals surface area contributed by atoms with Gasteiger partial charge in [0.25, 0.3) is 0 Å². The second-order valence-corrected chi connectivity index (χ2v) is 7.33. The summed E-state index contributed by atoms with van der Waals surface area (Å²) >= 11 is 11.6. The van der Waals surface area contributed by atoms with Crippen LogP contribution in [0.1, 0.15) is 6.92 Å². The molecule has 20 heavy (non-hydrogen) atoms. The maximum atomic E-state index is 12.6. The third-order valence-electron chi connectivity index (χ3n) is 3.32. The van der Waals surface area contributed by atoms with Crippen molar-refractivity contribution in [1.82, 2.24) is 9.21 Å². The number of carbonyl (C=O) groups is 1. The molecule has 110 valence electrons. The van der Waals surface area contributed by atoms with Crippen molar-refractivity contribution >= 4 is 39.1 Å². The number of hydrogen-bond acceptors (Lipinski definition) is 3. The molecule has 0 bridgehead atoms. The number of benzene rings is 1. The average Bonchev–Trinajstić information content (AvgIpc) is 2.38. The molecule has 1 heterocycles. The van der Waals surface area contributed by atoms with Crippen LogP contribution in [-0.2, 0) is 14.8 Å². The zero-order chi connectivity index (χ0) is 15.1. The molecule has 2 rings (SSSR count). The van der Waals surface area contributed by atoms with Gasteiger partial charge >= 0.3 is 0 Å². The summed E-state index contributed by atoms with van der Waals surface area (Å²) in [7, 11) is -2.11. The molecule has 1 amide bonds. The molecule has 1 aliphatic rings. The SMILES string of the molecule is CC1C(=O)N(C)CCN1S(=O)(=O)c1ccc(Cl)c(Cl)c1. The number of sulfonamides is 1. The molecule has 1 aromatic rings. The van der Waals surface area contributed by atoms with E-state index in [-0.39, 0.29) is 27.4 Å². The lowest BCUT2D eigenvalue weighted by Crippen LogP contribution is -2.56. The third kappa shape index (κ3) is 2.65. The molecular weight excluding hydrogens is 323 g/mol. The van der Waals surface area contributed by atoms with Crippen LogP contribution >= 0.6 is 23.2 Å². The molecule has 0 aliphatic carbocycles. The summed E-state index contributed by atoms with van der Waals surface area (Å²) in [5.41, 5.74) is 0. The normalized spacial score (nSPS) is 21.3. The van der Waals surface area contributed by atoms with Crippen LogP contribution in [0.25, 0.3) is 0 Å². The number of amides is 1. The molecule has 0 N–H and O–H groups in total. The smallest absolute Gasteiger partial charge is 0.243 e. The average molecular weight is 337 g/mol. The molecule has 5 nitrogen and oxygen atoms in total. The van der Waals surface area contributed by atoms with Gasteiger partial charge in [0, 0.05) is 20.1 Å². The van der Waals surface area contributed by atoms with Gasteiger partial charge in [-0.15, -0.1) is 0 Å². The van der Waals surface area contributed by atoms with Gasteiger partial charge in [0.15, 0.2) is 0 Å². The summed E-state index contributed by atoms with van der Waals surface area (Å²) in [6, 6.07) is 3.39. The van der Waals surface area contributed by atoms with E-state index in [1.165, 1.54) is 27.4 Å². The zero-order valence-electron chi connectivity index (χ0n) is 11.0. The minimum atomic E-state index is -3.76. The van der Waals surface area contributed by atoms with Crippen LogP contribution < -0.4 is 0 Å². The van der Waals surface area contributed by atoms with Gasteiger partial charge in [-0.3, -0.25) is 4.79 Å². The lowest BCUT2D eigenvalue weighted by molar-refractivity contribution is -0.136. The van der Waals surface area contributed by atoms with Gasteiger partial charge in [-0.2, -0.15) is 4.31 Å². The van der Waals surface area contributed by atoms with Crippen molar-refractivity contribution in [3.63, 3.8) is 0 Å². The quantitative estimate of drug-likeness (QED) is 0.828. The first kappa shape index (κ1) is 15.6. The first-order valence-electron chi connectivity index (χ1n) is 5.97. The van der Waals surface area contributed by atoms with Crippen molar-refractivity contribution < 1.29 is 13.2 Å². The molecule has 0 spiro atoms. The van der Waals surface area contributed by atoms with E-state index >= 15 is 0 Å². The first-order chi connectivity index (χ1) is 9.25. The Morgan fingerprint density at radius 1 is 1.20 bits per heavy atom. The minimum absolute atomic E-state index is 0.0381. The van der Waals surface area contributed by atoms with Crippen molar-refractivity contribution in [3.8, 4) is 0 Å². The second-order valence-electron chi connectivity index (χ2n) is 4.63. The zero-order valence-corrected chi connectivity index (χ0v) is 13.3. The Balaban J connectivity index is 2.39. The van der Waals surface area contributed by atoms with Crippen molar-refractivity contribution in [2.75, 3.05) is 20.1 Å². The van der Waals surface area contributed by atoms with E-state index in [9.17, 15) is 13.2 Å². The molecule has 1 saturated heterocycles. The molecule has 1 fully saturated rings. The summed E-state index contributed by atoms with van der Waals surface area (Å²) in [5, 5.41) is 0.453. The standard InChI is InChI=1S/C12H14Cl2N2O3S/c1-8-12(17)15(2)5-6-16(8)20(18,19)9-3-4-10(13)11(14)7-9/h3-4,7-8H,5-6H2,1-2H3. The second kappa shape index (κ2) is 5.52. The fraction of sp³-hybridized carbons (Fsp3) is 0.417. The van der Waals surface area contributed by atoms with E-state index in [1.54, 1.807) is 14.0 Å². The van der Waals surface area contributed by atoms with Crippen molar-refractivity contribution in [1.29, 1.82) is 0 Å². The van der Waals surface area contributed by atoms with Gasteiger partial charge in [-0.25, -0.2) is 8.42 Å². The van der Waals surface area contributed by atoms with Crippen LogP contribution in [0.4, 0.5) is 0 Å². The molecule has 1 unspecified atom stereocenters. The van der Waals surface area contributed by atoms with Crippen LogP contribution in [0.3, 0.4) is 0 Å². The fourth-order valence-corrected chi connectivity index (χ4v) is 4.06. The molecule has 0 radical (unpaired) electrons. The summed E-state index contributed by atoms with van der Waals surface area (Å²) in [6.07, 6.45) is 0. The van der Waals surface area contributed by atoms with Gasteiger partial charge in [-0.1, -0.05) is 23.2 Å². The molecule has 1 aliphatic heterocycles. The highest BCUT2D eigenvalue weighted by molar-refractivity contribution is 7.89. The Bertz CT molecular complexity index is 648. The predicted molar refractivity (Wildman–Crippen MR) is 77.5 cm³/mol. The number of halogens is 2. The fourth-order valence-electron chi connectivity index (χ4n) is 2.10. The molecule has 1 aromatic carbocycles. The number of rotatable bonds is 2. The van der Waals surface area contributed by atoms with Crippen LogP contribution in [-0.4, -0.2) is 49.7 Å².